The van der Waals surface area contributed by atoms with Gasteiger partial charge in [0.2, 0.25) is 0 Å². The minimum atomic E-state index is -0.339. The number of aryl methyl sites for hydroxylation is 1. The minimum Gasteiger partial charge on any atom is -0.486 e. The zero-order chi connectivity index (χ0) is 16.1. The first kappa shape index (κ1) is 14.8. The highest BCUT2D eigenvalue weighted by atomic mass is 16.5. The molecule has 0 aliphatic carbocycles. The topological polar surface area (TPSA) is 64.4 Å². The molecule has 0 spiro atoms. The summed E-state index contributed by atoms with van der Waals surface area (Å²) in [5, 5.41) is 2.70. The summed E-state index contributed by atoms with van der Waals surface area (Å²) in [4.78, 5) is 16.2. The zero-order valence-electron chi connectivity index (χ0n) is 12.7. The summed E-state index contributed by atoms with van der Waals surface area (Å²) < 4.78 is 11.1. The second-order valence-electron chi connectivity index (χ2n) is 5.04. The number of nitrogens with one attached hydrogen (secondary N) is 1. The van der Waals surface area contributed by atoms with Gasteiger partial charge in [-0.2, -0.15) is 0 Å². The summed E-state index contributed by atoms with van der Waals surface area (Å²) in [7, 11) is 0. The molecule has 0 radical (unpaired) electrons. The highest BCUT2D eigenvalue weighted by Gasteiger charge is 2.12. The van der Waals surface area contributed by atoms with Crippen LogP contribution in [0.3, 0.4) is 0 Å². The number of ether oxygens (including phenoxy) is 1. The molecule has 5 nitrogen and oxygen atoms in total. The van der Waals surface area contributed by atoms with Crippen LogP contribution in [-0.4, -0.2) is 10.9 Å². The number of carbonyl (C=O) groups is 1. The molecular formula is C18H16N2O3. The molecule has 1 aromatic carbocycles. The number of amides is 1. The molecule has 3 aromatic rings. The Morgan fingerprint density at radius 2 is 2.00 bits per heavy atom. The van der Waals surface area contributed by atoms with E-state index >= 15 is 0 Å². The van der Waals surface area contributed by atoms with Crippen molar-refractivity contribution >= 4 is 11.7 Å². The van der Waals surface area contributed by atoms with Gasteiger partial charge in [0.15, 0.2) is 5.76 Å². The lowest BCUT2D eigenvalue weighted by atomic mass is 10.3. The zero-order valence-corrected chi connectivity index (χ0v) is 12.7. The predicted molar refractivity (Wildman–Crippen MR) is 86.4 cm³/mol. The average Bonchev–Trinajstić information content (AvgIpc) is 3.03. The van der Waals surface area contributed by atoms with E-state index in [1.807, 2.05) is 43.3 Å². The van der Waals surface area contributed by atoms with Crippen molar-refractivity contribution in [2.24, 2.45) is 0 Å². The van der Waals surface area contributed by atoms with Gasteiger partial charge in [-0.1, -0.05) is 18.2 Å². The molecule has 0 aliphatic heterocycles. The molecule has 2 heterocycles. The lowest BCUT2D eigenvalue weighted by Gasteiger charge is -2.04. The third-order valence-electron chi connectivity index (χ3n) is 3.17. The number of aromatic nitrogens is 1. The van der Waals surface area contributed by atoms with Crippen molar-refractivity contribution in [2.75, 3.05) is 5.32 Å². The molecule has 0 aliphatic rings. The molecule has 0 unspecified atom stereocenters. The van der Waals surface area contributed by atoms with Gasteiger partial charge in [0.1, 0.15) is 23.9 Å². The van der Waals surface area contributed by atoms with Gasteiger partial charge in [-0.15, -0.1) is 0 Å². The molecule has 0 atom stereocenters. The van der Waals surface area contributed by atoms with Crippen LogP contribution in [0.15, 0.2) is 65.2 Å². The minimum absolute atomic E-state index is 0.222. The standard InChI is InChI=1S/C18H16N2O3/c1-13-9-10-19-17(11-13)20-18(21)16-8-7-15(23-16)12-22-14-5-3-2-4-6-14/h2-11H,12H2,1H3,(H,19,20,21). The van der Waals surface area contributed by atoms with E-state index in [1.54, 1.807) is 24.4 Å². The molecule has 2 aromatic heterocycles. The summed E-state index contributed by atoms with van der Waals surface area (Å²) in [6.07, 6.45) is 1.65. The molecule has 0 bridgehead atoms. The van der Waals surface area contributed by atoms with Crippen LogP contribution in [0.5, 0.6) is 5.75 Å². The van der Waals surface area contributed by atoms with Crippen LogP contribution in [0, 0.1) is 6.92 Å². The maximum absolute atomic E-state index is 12.1. The van der Waals surface area contributed by atoms with E-state index in [1.165, 1.54) is 0 Å². The maximum atomic E-state index is 12.1. The van der Waals surface area contributed by atoms with Gasteiger partial charge < -0.3 is 14.5 Å². The van der Waals surface area contributed by atoms with Crippen molar-refractivity contribution in [3.63, 3.8) is 0 Å². The molecule has 3 rings (SSSR count). The van der Waals surface area contributed by atoms with Crippen LogP contribution < -0.4 is 10.1 Å². The summed E-state index contributed by atoms with van der Waals surface area (Å²) in [5.74, 6) is 1.71. The Labute approximate surface area is 133 Å². The Morgan fingerprint density at radius 1 is 1.17 bits per heavy atom. The fourth-order valence-corrected chi connectivity index (χ4v) is 2.03. The first-order valence-electron chi connectivity index (χ1n) is 7.21. The number of furan rings is 1. The molecule has 0 fully saturated rings. The number of para-hydroxylation sites is 1. The highest BCUT2D eigenvalue weighted by molar-refractivity contribution is 6.01. The van der Waals surface area contributed by atoms with Crippen molar-refractivity contribution in [1.29, 1.82) is 0 Å². The number of benzene rings is 1. The predicted octanol–water partition coefficient (Wildman–Crippen LogP) is 3.81. The van der Waals surface area contributed by atoms with Crippen molar-refractivity contribution in [2.45, 2.75) is 13.5 Å². The van der Waals surface area contributed by atoms with E-state index in [2.05, 4.69) is 10.3 Å². The van der Waals surface area contributed by atoms with E-state index < -0.39 is 0 Å². The number of hydrogen-bond donors (Lipinski definition) is 1. The third-order valence-corrected chi connectivity index (χ3v) is 3.17. The molecule has 0 saturated heterocycles. The van der Waals surface area contributed by atoms with Gasteiger partial charge in [0.05, 0.1) is 0 Å². The second kappa shape index (κ2) is 6.79. The Hall–Kier alpha value is -3.08. The smallest absolute Gasteiger partial charge is 0.292 e. The van der Waals surface area contributed by atoms with E-state index in [9.17, 15) is 4.79 Å². The molecule has 23 heavy (non-hydrogen) atoms. The normalized spacial score (nSPS) is 10.3. The monoisotopic (exact) mass is 308 g/mol. The number of hydrogen-bond acceptors (Lipinski definition) is 4. The van der Waals surface area contributed by atoms with Crippen molar-refractivity contribution < 1.29 is 13.9 Å². The van der Waals surface area contributed by atoms with Gasteiger partial charge >= 0.3 is 0 Å². The van der Waals surface area contributed by atoms with Crippen LogP contribution in [-0.2, 0) is 6.61 Å². The van der Waals surface area contributed by atoms with Gasteiger partial charge in [-0.3, -0.25) is 4.79 Å². The molecular weight excluding hydrogens is 292 g/mol. The SMILES string of the molecule is Cc1ccnc(NC(=O)c2ccc(COc3ccccc3)o2)c1. The number of pyridine rings is 1. The van der Waals surface area contributed by atoms with Gasteiger partial charge in [-0.25, -0.2) is 4.98 Å². The van der Waals surface area contributed by atoms with Crippen molar-refractivity contribution in [3.05, 3.63) is 77.9 Å². The van der Waals surface area contributed by atoms with E-state index in [-0.39, 0.29) is 18.3 Å². The fourth-order valence-electron chi connectivity index (χ4n) is 2.03. The molecule has 5 heteroatoms. The Bertz CT molecular complexity index is 797. The fraction of sp³-hybridized carbons (Fsp3) is 0.111. The summed E-state index contributed by atoms with van der Waals surface area (Å²) in [6.45, 7) is 2.20. The average molecular weight is 308 g/mol. The Kier molecular flexibility index (Phi) is 4.38. The lowest BCUT2D eigenvalue weighted by Crippen LogP contribution is -2.12. The van der Waals surface area contributed by atoms with Crippen LogP contribution in [0.4, 0.5) is 5.82 Å². The number of anilines is 1. The highest BCUT2D eigenvalue weighted by Crippen LogP contribution is 2.15. The number of nitrogens with zero attached hydrogens (tertiary/aromatic N) is 1. The molecule has 1 N–H and O–H groups in total. The first-order chi connectivity index (χ1) is 11.2. The van der Waals surface area contributed by atoms with Crippen molar-refractivity contribution in [3.8, 4) is 5.75 Å². The lowest BCUT2D eigenvalue weighted by molar-refractivity contribution is 0.0992. The summed E-state index contributed by atoms with van der Waals surface area (Å²) in [5.41, 5.74) is 1.02. The summed E-state index contributed by atoms with van der Waals surface area (Å²) >= 11 is 0. The van der Waals surface area contributed by atoms with Crippen LogP contribution in [0.25, 0.3) is 0 Å². The molecule has 0 saturated carbocycles. The summed E-state index contributed by atoms with van der Waals surface area (Å²) in [6, 6.07) is 16.4. The largest absolute Gasteiger partial charge is 0.486 e. The van der Waals surface area contributed by atoms with E-state index in [4.69, 9.17) is 9.15 Å². The maximum Gasteiger partial charge on any atom is 0.292 e. The Morgan fingerprint density at radius 3 is 2.78 bits per heavy atom. The van der Waals surface area contributed by atoms with E-state index in [0.717, 1.165) is 11.3 Å². The van der Waals surface area contributed by atoms with Gasteiger partial charge in [0, 0.05) is 6.20 Å². The van der Waals surface area contributed by atoms with Gasteiger partial charge in [0.25, 0.3) is 5.91 Å². The number of rotatable bonds is 5. The van der Waals surface area contributed by atoms with Crippen LogP contribution >= 0.6 is 0 Å². The Balaban J connectivity index is 1.61. The quantitative estimate of drug-likeness (QED) is 0.778. The van der Waals surface area contributed by atoms with Gasteiger partial charge in [-0.05, 0) is 48.9 Å². The molecule has 1 amide bonds. The van der Waals surface area contributed by atoms with Crippen LogP contribution in [0.1, 0.15) is 21.9 Å². The van der Waals surface area contributed by atoms with Crippen molar-refractivity contribution in [1.82, 2.24) is 4.98 Å². The molecule has 116 valence electrons. The second-order valence-corrected chi connectivity index (χ2v) is 5.04. The van der Waals surface area contributed by atoms with Crippen LogP contribution in [0.2, 0.25) is 0 Å². The van der Waals surface area contributed by atoms with E-state index in [0.29, 0.717) is 11.6 Å². The third kappa shape index (κ3) is 3.97. The first-order valence-corrected chi connectivity index (χ1v) is 7.21. The number of carbonyl (C=O) groups excluding carboxylic acids is 1.